The second-order valence-corrected chi connectivity index (χ2v) is 24.0. The topological polar surface area (TPSA) is 226 Å². The normalized spacial score (nSPS) is 33.0. The van der Waals surface area contributed by atoms with E-state index in [1.807, 2.05) is 32.5 Å². The Morgan fingerprint density at radius 3 is 2.24 bits per heavy atom. The van der Waals surface area contributed by atoms with Crippen LogP contribution in [-0.4, -0.2) is 202 Å². The Balaban J connectivity index is 0.671. The zero-order valence-corrected chi connectivity index (χ0v) is 45.5. The second kappa shape index (κ2) is 29.1. The van der Waals surface area contributed by atoms with E-state index in [2.05, 4.69) is 79.1 Å². The van der Waals surface area contributed by atoms with Crippen molar-refractivity contribution in [1.29, 1.82) is 0 Å². The number of likely N-dealkylation sites (tertiary alicyclic amines) is 1. The number of carbonyl (C=O) groups excluding carboxylic acids is 3. The Kier molecular flexibility index (Phi) is 23.4. The van der Waals surface area contributed by atoms with Crippen LogP contribution in [0.4, 0.5) is 0 Å². The van der Waals surface area contributed by atoms with Crippen LogP contribution in [-0.2, 0) is 33.3 Å². The van der Waals surface area contributed by atoms with Gasteiger partial charge in [-0.25, -0.2) is 15.4 Å². The number of thioether (sulfide) groups is 1. The lowest BCUT2D eigenvalue weighted by molar-refractivity contribution is -0.144. The molecule has 7 rings (SSSR count). The molecule has 21 heteroatoms. The van der Waals surface area contributed by atoms with E-state index in [1.54, 1.807) is 0 Å². The first-order chi connectivity index (χ1) is 34.8. The maximum atomic E-state index is 14.0. The van der Waals surface area contributed by atoms with Crippen LogP contribution in [0.2, 0.25) is 0 Å². The summed E-state index contributed by atoms with van der Waals surface area (Å²) in [5.74, 6) is 1.81. The second-order valence-electron chi connectivity index (χ2n) is 22.8. The quantitative estimate of drug-likeness (QED) is 0.0493. The lowest BCUT2D eigenvalue weighted by atomic mass is 9.79. The van der Waals surface area contributed by atoms with Crippen molar-refractivity contribution < 1.29 is 38.4 Å². The van der Waals surface area contributed by atoms with Crippen molar-refractivity contribution >= 4 is 29.5 Å². The van der Waals surface area contributed by atoms with E-state index in [0.29, 0.717) is 99.2 Å². The summed E-state index contributed by atoms with van der Waals surface area (Å²) in [6.07, 6.45) is 13.0. The van der Waals surface area contributed by atoms with Crippen LogP contribution in [0.25, 0.3) is 0 Å². The number of fused-ring (bicyclic) bond motifs is 1. The molecule has 20 nitrogen and oxygen atoms in total. The van der Waals surface area contributed by atoms with E-state index < -0.39 is 29.5 Å². The summed E-state index contributed by atoms with van der Waals surface area (Å²) >= 11 is 2.03. The molecule has 11 atom stereocenters. The Bertz CT molecular complexity index is 1650. The number of nitrogens with one attached hydrogen (secondary N) is 9. The van der Waals surface area contributed by atoms with Crippen molar-refractivity contribution in [3.63, 3.8) is 0 Å². The van der Waals surface area contributed by atoms with E-state index >= 15 is 0 Å². The number of hydrogen-bond donors (Lipinski definition) is 10. The van der Waals surface area contributed by atoms with Crippen molar-refractivity contribution in [1.82, 2.24) is 63.2 Å². The molecule has 5 heterocycles. The first-order valence-corrected chi connectivity index (χ1v) is 29.1. The Labute approximate surface area is 435 Å². The number of hydrazine groups is 3. The summed E-state index contributed by atoms with van der Waals surface area (Å²) in [4.78, 5) is 42.0. The summed E-state index contributed by atoms with van der Waals surface area (Å²) in [6, 6.07) is 0.835. The number of hydrogen-bond acceptors (Lipinski definition) is 18. The number of ether oxygens (including phenoxy) is 4. The third kappa shape index (κ3) is 17.1. The van der Waals surface area contributed by atoms with E-state index in [9.17, 15) is 19.5 Å². The van der Waals surface area contributed by atoms with Crippen LogP contribution in [0, 0.1) is 23.2 Å². The van der Waals surface area contributed by atoms with Gasteiger partial charge in [-0.2, -0.15) is 5.53 Å². The van der Waals surface area contributed by atoms with Gasteiger partial charge in [0, 0.05) is 87.0 Å². The summed E-state index contributed by atoms with van der Waals surface area (Å²) in [5.41, 5.74) is 9.73. The van der Waals surface area contributed by atoms with Crippen LogP contribution in [0.15, 0.2) is 0 Å². The van der Waals surface area contributed by atoms with Gasteiger partial charge in [-0.3, -0.25) is 30.4 Å². The number of aliphatic hydroxyl groups excluding tert-OH is 1. The van der Waals surface area contributed by atoms with E-state index in [1.165, 1.54) is 49.8 Å². The summed E-state index contributed by atoms with van der Waals surface area (Å²) in [7, 11) is 0. The summed E-state index contributed by atoms with van der Waals surface area (Å²) in [6.45, 7) is 19.4. The Morgan fingerprint density at radius 1 is 0.833 bits per heavy atom. The van der Waals surface area contributed by atoms with Gasteiger partial charge in [0.1, 0.15) is 18.7 Å². The molecule has 0 bridgehead atoms. The lowest BCUT2D eigenvalue weighted by Crippen LogP contribution is -2.66. The lowest BCUT2D eigenvalue weighted by Gasteiger charge is -2.45. The predicted molar refractivity (Wildman–Crippen MR) is 280 cm³/mol. The molecule has 0 spiro atoms. The molecule has 5 aliphatic heterocycles. The van der Waals surface area contributed by atoms with Gasteiger partial charge in [0.15, 0.2) is 0 Å². The molecule has 0 aromatic heterocycles. The van der Waals surface area contributed by atoms with Gasteiger partial charge in [-0.15, -0.1) is 11.8 Å². The van der Waals surface area contributed by atoms with Crippen LogP contribution in [0.3, 0.4) is 0 Å². The highest BCUT2D eigenvalue weighted by molar-refractivity contribution is 8.00. The van der Waals surface area contributed by atoms with Gasteiger partial charge in [0.25, 0.3) is 0 Å². The molecule has 72 heavy (non-hydrogen) atoms. The van der Waals surface area contributed by atoms with Crippen molar-refractivity contribution in [3.8, 4) is 0 Å². The maximum Gasteiger partial charge on any atom is 0.246 e. The maximum absolute atomic E-state index is 14.0. The highest BCUT2D eigenvalue weighted by Gasteiger charge is 2.45. The molecular weight excluding hydrogens is 941 g/mol. The zero-order chi connectivity index (χ0) is 51.0. The van der Waals surface area contributed by atoms with Gasteiger partial charge >= 0.3 is 0 Å². The smallest absolute Gasteiger partial charge is 0.246 e. The van der Waals surface area contributed by atoms with Crippen molar-refractivity contribution in [2.45, 2.75) is 185 Å². The van der Waals surface area contributed by atoms with Crippen LogP contribution < -0.4 is 48.3 Å². The average molecular weight is 1040 g/mol. The van der Waals surface area contributed by atoms with Crippen molar-refractivity contribution in [2.75, 3.05) is 98.0 Å². The third-order valence-electron chi connectivity index (χ3n) is 16.5. The van der Waals surface area contributed by atoms with Crippen LogP contribution >= 0.6 is 11.8 Å². The minimum Gasteiger partial charge on any atom is -0.391 e. The molecule has 0 radical (unpaired) electrons. The highest BCUT2D eigenvalue weighted by atomic mass is 32.2. The first-order valence-electron chi connectivity index (χ1n) is 28.0. The van der Waals surface area contributed by atoms with Gasteiger partial charge in [0.05, 0.1) is 64.7 Å². The van der Waals surface area contributed by atoms with Gasteiger partial charge < -0.3 is 50.2 Å². The number of amides is 3. The molecule has 7 aliphatic rings. The molecule has 7 fully saturated rings. The first kappa shape index (κ1) is 57.9. The number of carbonyl (C=O) groups is 3. The molecule has 2 aliphatic carbocycles. The number of β-amino-alcohol motifs (C(OH)–C–C–N with tert-alkyl or cyclic N) is 1. The fourth-order valence-electron chi connectivity index (χ4n) is 12.3. The SMILES string of the molecule is CCC(CC)C1CC(N[C@H]2CC[C@H](NCC3CN(CCOCCOCCOCCOCC(=O)N[C@H](C(=O)N4C[C@H](O)C[C@H]4C(=O)NCC4CCC(C5SCNC5C)CC4)C(C)(C)C)NN3)C2)N2NCCC2N1. The standard InChI is InChI=1S/C51H96N12O8S/c1-7-36(8-2)42-27-45(63-44(57-42)15-16-55-63)56-39-14-13-38(25-39)52-29-40-30-61(60-59-40)17-18-68-19-20-69-21-22-70-23-24-71-32-46(65)58-48(51(4,5)6)50(67)62-31-41(64)26-43(62)49(66)53-28-35-9-11-37(12-10-35)47-34(3)54-33-72-47/h34-45,47-48,52,54-57,59-60,64H,7-33H2,1-6H3,(H,53,66)(H,58,65)/t34?,35?,37?,38-,39-,40?,41+,42?,43-,44?,45?,47?,48+/m0/s1. The highest BCUT2D eigenvalue weighted by Crippen LogP contribution is 2.39. The van der Waals surface area contributed by atoms with E-state index in [-0.39, 0.29) is 44.6 Å². The van der Waals surface area contributed by atoms with Gasteiger partial charge in [-0.05, 0) is 87.9 Å². The minimum absolute atomic E-state index is 0.0454. The third-order valence-corrected chi connectivity index (χ3v) is 18.0. The molecule has 10 N–H and O–H groups in total. The zero-order valence-electron chi connectivity index (χ0n) is 44.7. The number of rotatable bonds is 28. The Hall–Kier alpha value is -1.80. The number of nitrogens with zero attached hydrogens (tertiary/aromatic N) is 3. The van der Waals surface area contributed by atoms with Crippen LogP contribution in [0.5, 0.6) is 0 Å². The van der Waals surface area contributed by atoms with E-state index in [0.717, 1.165) is 63.7 Å². The summed E-state index contributed by atoms with van der Waals surface area (Å²) < 4.78 is 22.7. The van der Waals surface area contributed by atoms with Crippen LogP contribution in [0.1, 0.15) is 119 Å². The molecule has 2 saturated carbocycles. The van der Waals surface area contributed by atoms with Crippen molar-refractivity contribution in [2.24, 2.45) is 23.2 Å². The van der Waals surface area contributed by atoms with Gasteiger partial charge in [-0.1, -0.05) is 47.5 Å². The minimum atomic E-state index is -0.909. The van der Waals surface area contributed by atoms with E-state index in [4.69, 9.17) is 18.9 Å². The van der Waals surface area contributed by atoms with Gasteiger partial charge in [0.2, 0.25) is 17.7 Å². The molecule has 5 saturated heterocycles. The molecule has 0 aromatic carbocycles. The fourth-order valence-corrected chi connectivity index (χ4v) is 13.7. The molecule has 6 unspecified atom stereocenters. The average Bonchev–Trinajstić information content (AvgIpc) is 4.24. The Morgan fingerprint density at radius 2 is 1.54 bits per heavy atom. The molecule has 3 amide bonds. The fraction of sp³-hybridized carbons (Fsp3) is 0.941. The summed E-state index contributed by atoms with van der Waals surface area (Å²) in [5, 5.41) is 37.2. The largest absolute Gasteiger partial charge is 0.391 e. The van der Waals surface area contributed by atoms with Crippen molar-refractivity contribution in [3.05, 3.63) is 0 Å². The monoisotopic (exact) mass is 1040 g/mol. The number of aliphatic hydroxyl groups is 1. The predicted octanol–water partition coefficient (Wildman–Crippen LogP) is 0.973. The molecule has 0 aromatic rings. The molecular formula is C51H96N12O8S. The molecule has 414 valence electrons.